The van der Waals surface area contributed by atoms with Gasteiger partial charge in [0.15, 0.2) is 0 Å². The van der Waals surface area contributed by atoms with E-state index in [1.807, 2.05) is 0 Å². The van der Waals surface area contributed by atoms with Crippen molar-refractivity contribution < 1.29 is 13.2 Å². The van der Waals surface area contributed by atoms with Crippen molar-refractivity contribution in [2.75, 3.05) is 12.3 Å². The first-order valence-electron chi connectivity index (χ1n) is 6.31. The second kappa shape index (κ2) is 6.23. The maximum atomic E-state index is 12.9. The maximum Gasteiger partial charge on any atom is 0.246 e. The molecule has 6 nitrogen and oxygen atoms in total. The van der Waals surface area contributed by atoms with Crippen molar-refractivity contribution in [3.8, 4) is 0 Å². The summed E-state index contributed by atoms with van der Waals surface area (Å²) >= 11 is 6.45. The van der Waals surface area contributed by atoms with Gasteiger partial charge in [-0.05, 0) is 56.8 Å². The van der Waals surface area contributed by atoms with E-state index in [4.69, 9.17) is 11.5 Å². The number of benzene rings is 1. The number of primary amides is 1. The molecule has 1 aliphatic heterocycles. The lowest BCUT2D eigenvalue weighted by Crippen LogP contribution is -2.50. The van der Waals surface area contributed by atoms with E-state index >= 15 is 0 Å². The van der Waals surface area contributed by atoms with Gasteiger partial charge in [-0.15, -0.1) is 0 Å². The Morgan fingerprint density at radius 1 is 1.24 bits per heavy atom. The highest BCUT2D eigenvalue weighted by Crippen LogP contribution is 2.36. The molecule has 2 rings (SSSR count). The second-order valence-electron chi connectivity index (χ2n) is 4.84. The predicted molar refractivity (Wildman–Crippen MR) is 87.0 cm³/mol. The molecule has 0 aliphatic carbocycles. The Bertz CT molecular complexity index is 655. The summed E-state index contributed by atoms with van der Waals surface area (Å²) in [4.78, 5) is 11.6. The molecular formula is C12H15Br2N3O3S. The molecule has 1 atom stereocenters. The molecule has 4 N–H and O–H groups in total. The van der Waals surface area contributed by atoms with Gasteiger partial charge in [-0.3, -0.25) is 4.79 Å². The van der Waals surface area contributed by atoms with Crippen LogP contribution in [0.1, 0.15) is 19.3 Å². The second-order valence-corrected chi connectivity index (χ2v) is 8.38. The third-order valence-corrected chi connectivity index (χ3v) is 7.16. The van der Waals surface area contributed by atoms with Gasteiger partial charge < -0.3 is 11.5 Å². The fourth-order valence-corrected chi connectivity index (χ4v) is 6.63. The molecule has 0 saturated carbocycles. The zero-order valence-electron chi connectivity index (χ0n) is 11.1. The smallest absolute Gasteiger partial charge is 0.246 e. The minimum atomic E-state index is -3.85. The van der Waals surface area contributed by atoms with Crippen molar-refractivity contribution in [2.24, 2.45) is 5.73 Å². The number of anilines is 1. The van der Waals surface area contributed by atoms with E-state index in [9.17, 15) is 13.2 Å². The molecule has 1 unspecified atom stereocenters. The Balaban J connectivity index is 2.53. The largest absolute Gasteiger partial charge is 0.399 e. The minimum absolute atomic E-state index is 0.0600. The molecule has 1 aliphatic rings. The first-order valence-corrected chi connectivity index (χ1v) is 9.33. The van der Waals surface area contributed by atoms with E-state index in [1.54, 1.807) is 0 Å². The predicted octanol–water partition coefficient (Wildman–Crippen LogP) is 1.82. The Kier molecular flexibility index (Phi) is 4.96. The average molecular weight is 441 g/mol. The van der Waals surface area contributed by atoms with E-state index in [2.05, 4.69) is 31.9 Å². The average Bonchev–Trinajstić information content (AvgIpc) is 2.37. The van der Waals surface area contributed by atoms with Gasteiger partial charge in [0.2, 0.25) is 15.9 Å². The van der Waals surface area contributed by atoms with Crippen LogP contribution in [-0.4, -0.2) is 31.2 Å². The van der Waals surface area contributed by atoms with Gasteiger partial charge in [0.05, 0.1) is 0 Å². The van der Waals surface area contributed by atoms with Gasteiger partial charge in [0.1, 0.15) is 10.9 Å². The van der Waals surface area contributed by atoms with Crippen molar-refractivity contribution in [3.05, 3.63) is 21.1 Å². The lowest BCUT2D eigenvalue weighted by molar-refractivity contribution is -0.122. The van der Waals surface area contributed by atoms with Gasteiger partial charge in [0, 0.05) is 21.2 Å². The van der Waals surface area contributed by atoms with E-state index in [1.165, 1.54) is 16.4 Å². The van der Waals surface area contributed by atoms with Gasteiger partial charge >= 0.3 is 0 Å². The lowest BCUT2D eigenvalue weighted by Gasteiger charge is -2.33. The molecule has 0 spiro atoms. The number of rotatable bonds is 3. The normalized spacial score (nSPS) is 20.4. The topological polar surface area (TPSA) is 106 Å². The van der Waals surface area contributed by atoms with Crippen LogP contribution in [-0.2, 0) is 14.8 Å². The summed E-state index contributed by atoms with van der Waals surface area (Å²) in [5, 5.41) is 0. The summed E-state index contributed by atoms with van der Waals surface area (Å²) in [5.41, 5.74) is 11.5. The van der Waals surface area contributed by atoms with E-state index in [0.29, 0.717) is 27.5 Å². The summed E-state index contributed by atoms with van der Waals surface area (Å²) in [6, 6.07) is 2.22. The third-order valence-electron chi connectivity index (χ3n) is 3.37. The molecule has 21 heavy (non-hydrogen) atoms. The van der Waals surface area contributed by atoms with Crippen LogP contribution in [0.25, 0.3) is 0 Å². The number of amides is 1. The van der Waals surface area contributed by atoms with Gasteiger partial charge in [-0.2, -0.15) is 4.31 Å². The van der Waals surface area contributed by atoms with Crippen LogP contribution < -0.4 is 11.5 Å². The number of carbonyl (C=O) groups excluding carboxylic acids is 1. The van der Waals surface area contributed by atoms with E-state index in [-0.39, 0.29) is 11.4 Å². The summed E-state index contributed by atoms with van der Waals surface area (Å²) in [5.74, 6) is -0.624. The molecule has 0 bridgehead atoms. The number of piperidine rings is 1. The summed E-state index contributed by atoms with van der Waals surface area (Å²) in [6.07, 6.45) is 1.93. The van der Waals surface area contributed by atoms with Gasteiger partial charge in [-0.25, -0.2) is 8.42 Å². The first kappa shape index (κ1) is 16.7. The van der Waals surface area contributed by atoms with Crippen molar-refractivity contribution in [3.63, 3.8) is 0 Å². The van der Waals surface area contributed by atoms with Crippen LogP contribution in [0.5, 0.6) is 0 Å². The molecule has 9 heteroatoms. The number of hydrogen-bond donors (Lipinski definition) is 2. The van der Waals surface area contributed by atoms with Gasteiger partial charge in [-0.1, -0.05) is 6.42 Å². The number of sulfonamides is 1. The molecule has 1 heterocycles. The van der Waals surface area contributed by atoms with Crippen LogP contribution in [0.15, 0.2) is 26.0 Å². The van der Waals surface area contributed by atoms with Crippen LogP contribution in [0.3, 0.4) is 0 Å². The molecular weight excluding hydrogens is 426 g/mol. The standard InChI is InChI=1S/C12H15Br2N3O3S/c13-8-5-7(15)6-9(14)11(8)21(19,20)17-4-2-1-3-10(17)12(16)18/h5-6,10H,1-4,15H2,(H2,16,18). The van der Waals surface area contributed by atoms with Crippen molar-refractivity contribution in [2.45, 2.75) is 30.2 Å². The van der Waals surface area contributed by atoms with E-state index in [0.717, 1.165) is 6.42 Å². The monoisotopic (exact) mass is 439 g/mol. The maximum absolute atomic E-state index is 12.9. The molecule has 1 fully saturated rings. The highest BCUT2D eigenvalue weighted by Gasteiger charge is 2.38. The Morgan fingerprint density at radius 2 is 1.81 bits per heavy atom. The SMILES string of the molecule is NC(=O)C1CCCCN1S(=O)(=O)c1c(Br)cc(N)cc1Br. The number of nitrogens with zero attached hydrogens (tertiary/aromatic N) is 1. The summed E-state index contributed by atoms with van der Waals surface area (Å²) in [7, 11) is -3.85. The first-order chi connectivity index (χ1) is 9.75. The molecule has 1 saturated heterocycles. The van der Waals surface area contributed by atoms with Crippen molar-refractivity contribution in [1.82, 2.24) is 4.31 Å². The fraction of sp³-hybridized carbons (Fsp3) is 0.417. The van der Waals surface area contributed by atoms with Crippen LogP contribution in [0.2, 0.25) is 0 Å². The molecule has 0 radical (unpaired) electrons. The van der Waals surface area contributed by atoms with Crippen LogP contribution >= 0.6 is 31.9 Å². The van der Waals surface area contributed by atoms with Crippen LogP contribution in [0, 0.1) is 0 Å². The summed E-state index contributed by atoms with van der Waals surface area (Å²) < 4.78 is 27.6. The third kappa shape index (κ3) is 3.25. The molecule has 116 valence electrons. The zero-order chi connectivity index (χ0) is 15.8. The van der Waals surface area contributed by atoms with E-state index < -0.39 is 22.0 Å². The number of nitrogen functional groups attached to an aromatic ring is 1. The lowest BCUT2D eigenvalue weighted by atomic mass is 10.0. The fourth-order valence-electron chi connectivity index (χ4n) is 2.42. The number of carbonyl (C=O) groups is 1. The minimum Gasteiger partial charge on any atom is -0.399 e. The van der Waals surface area contributed by atoms with Crippen LogP contribution in [0.4, 0.5) is 5.69 Å². The van der Waals surface area contributed by atoms with Crippen molar-refractivity contribution in [1.29, 1.82) is 0 Å². The highest BCUT2D eigenvalue weighted by molar-refractivity contribution is 9.11. The molecule has 1 aromatic rings. The Morgan fingerprint density at radius 3 is 2.33 bits per heavy atom. The quantitative estimate of drug-likeness (QED) is 0.699. The Hall–Kier alpha value is -0.640. The number of halogens is 2. The van der Waals surface area contributed by atoms with Gasteiger partial charge in [0.25, 0.3) is 0 Å². The highest BCUT2D eigenvalue weighted by atomic mass is 79.9. The van der Waals surface area contributed by atoms with Crippen molar-refractivity contribution >= 4 is 53.5 Å². The molecule has 0 aromatic heterocycles. The molecule has 1 amide bonds. The Labute approximate surface area is 140 Å². The number of nitrogens with two attached hydrogens (primary N) is 2. The molecule has 1 aromatic carbocycles. The summed E-state index contributed by atoms with van der Waals surface area (Å²) in [6.45, 7) is 0.277. The zero-order valence-corrected chi connectivity index (χ0v) is 15.0. The number of hydrogen-bond acceptors (Lipinski definition) is 4.